The molecular weight excluding hydrogens is 235 g/mol. The van der Waals surface area contributed by atoms with Crippen LogP contribution in [0.5, 0.6) is 5.75 Å². The monoisotopic (exact) mass is 248 g/mol. The highest BCUT2D eigenvalue weighted by atomic mass is 19.1. The van der Waals surface area contributed by atoms with E-state index in [9.17, 15) is 4.39 Å². The third kappa shape index (κ3) is 3.31. The number of benzene rings is 1. The maximum absolute atomic E-state index is 12.5. The number of ether oxygens (including phenoxy) is 1. The first kappa shape index (κ1) is 12.1. The lowest BCUT2D eigenvalue weighted by atomic mass is 10.3. The van der Waals surface area contributed by atoms with E-state index in [-0.39, 0.29) is 0 Å². The Labute approximate surface area is 104 Å². The van der Waals surface area contributed by atoms with Gasteiger partial charge in [0.2, 0.25) is 5.95 Å². The zero-order valence-electron chi connectivity index (χ0n) is 9.64. The maximum atomic E-state index is 12.5. The second kappa shape index (κ2) is 5.81. The van der Waals surface area contributed by atoms with E-state index in [0.717, 1.165) is 12.4 Å². The van der Waals surface area contributed by atoms with Crippen LogP contribution < -0.4 is 15.8 Å². The topological polar surface area (TPSA) is 73.1 Å². The Bertz CT molecular complexity index is 504. The van der Waals surface area contributed by atoms with Gasteiger partial charge in [0.25, 0.3) is 0 Å². The number of hydrogen-bond acceptors (Lipinski definition) is 5. The summed E-state index contributed by atoms with van der Waals surface area (Å²) in [5.74, 6) is 0.536. The minimum atomic E-state index is -0.464. The molecular formula is C12H13FN4O. The molecule has 0 aliphatic rings. The summed E-state index contributed by atoms with van der Waals surface area (Å²) in [7, 11) is 0. The van der Waals surface area contributed by atoms with E-state index in [1.54, 1.807) is 12.1 Å². The SMILES string of the molecule is Nc1ccccc1OCCNc1ncc(F)cn1. The van der Waals surface area contributed by atoms with Gasteiger partial charge in [0.05, 0.1) is 24.6 Å². The van der Waals surface area contributed by atoms with Crippen molar-refractivity contribution in [2.45, 2.75) is 0 Å². The average Bonchev–Trinajstić information content (AvgIpc) is 2.39. The third-order valence-electron chi connectivity index (χ3n) is 2.18. The van der Waals surface area contributed by atoms with Crippen LogP contribution in [-0.4, -0.2) is 23.1 Å². The lowest BCUT2D eigenvalue weighted by Gasteiger charge is -2.09. The Morgan fingerprint density at radius 2 is 1.94 bits per heavy atom. The Morgan fingerprint density at radius 1 is 1.22 bits per heavy atom. The first-order valence-electron chi connectivity index (χ1n) is 5.44. The predicted octanol–water partition coefficient (Wildman–Crippen LogP) is 1.69. The number of hydrogen-bond donors (Lipinski definition) is 2. The van der Waals surface area contributed by atoms with Gasteiger partial charge in [-0.05, 0) is 12.1 Å². The molecule has 94 valence electrons. The summed E-state index contributed by atoms with van der Waals surface area (Å²) in [6.07, 6.45) is 2.21. The van der Waals surface area contributed by atoms with Crippen LogP contribution >= 0.6 is 0 Å². The van der Waals surface area contributed by atoms with Crippen molar-refractivity contribution in [3.63, 3.8) is 0 Å². The van der Waals surface area contributed by atoms with Crippen molar-refractivity contribution in [1.82, 2.24) is 9.97 Å². The van der Waals surface area contributed by atoms with Crippen molar-refractivity contribution in [2.24, 2.45) is 0 Å². The van der Waals surface area contributed by atoms with Crippen LogP contribution in [0.15, 0.2) is 36.7 Å². The van der Waals surface area contributed by atoms with Crippen LogP contribution in [0.4, 0.5) is 16.0 Å². The highest BCUT2D eigenvalue weighted by molar-refractivity contribution is 5.51. The number of nitrogens with one attached hydrogen (secondary N) is 1. The molecule has 0 bridgehead atoms. The summed E-state index contributed by atoms with van der Waals surface area (Å²) in [6, 6.07) is 7.25. The fourth-order valence-corrected chi connectivity index (χ4v) is 1.34. The lowest BCUT2D eigenvalue weighted by molar-refractivity contribution is 0.334. The molecule has 0 saturated carbocycles. The van der Waals surface area contributed by atoms with Gasteiger partial charge in [-0.15, -0.1) is 0 Å². The summed E-state index contributed by atoms with van der Waals surface area (Å²) >= 11 is 0. The molecule has 2 rings (SSSR count). The van der Waals surface area contributed by atoms with Gasteiger partial charge in [0, 0.05) is 0 Å². The zero-order chi connectivity index (χ0) is 12.8. The van der Waals surface area contributed by atoms with Crippen molar-refractivity contribution in [2.75, 3.05) is 24.2 Å². The van der Waals surface area contributed by atoms with Crippen LogP contribution in [0.3, 0.4) is 0 Å². The molecule has 0 aliphatic heterocycles. The van der Waals surface area contributed by atoms with Gasteiger partial charge >= 0.3 is 0 Å². The van der Waals surface area contributed by atoms with Crippen molar-refractivity contribution in [1.29, 1.82) is 0 Å². The summed E-state index contributed by atoms with van der Waals surface area (Å²) in [6.45, 7) is 0.912. The van der Waals surface area contributed by atoms with Gasteiger partial charge in [-0.2, -0.15) is 0 Å². The Balaban J connectivity index is 1.76. The van der Waals surface area contributed by atoms with Crippen LogP contribution in [0.2, 0.25) is 0 Å². The van der Waals surface area contributed by atoms with Crippen molar-refractivity contribution < 1.29 is 9.13 Å². The molecule has 0 saturated heterocycles. The normalized spacial score (nSPS) is 10.1. The number of para-hydroxylation sites is 2. The van der Waals surface area contributed by atoms with E-state index < -0.39 is 5.82 Å². The minimum Gasteiger partial charge on any atom is -0.490 e. The van der Waals surface area contributed by atoms with E-state index in [2.05, 4.69) is 15.3 Å². The summed E-state index contributed by atoms with van der Waals surface area (Å²) in [5.41, 5.74) is 6.31. The summed E-state index contributed by atoms with van der Waals surface area (Å²) in [4.78, 5) is 7.53. The summed E-state index contributed by atoms with van der Waals surface area (Å²) in [5, 5.41) is 2.91. The molecule has 1 aromatic carbocycles. The standard InChI is InChI=1S/C12H13FN4O/c13-9-7-16-12(17-8-9)15-5-6-18-11-4-2-1-3-10(11)14/h1-4,7-8H,5-6,14H2,(H,15,16,17). The number of nitrogen functional groups attached to an aromatic ring is 1. The van der Waals surface area contributed by atoms with Gasteiger partial charge in [-0.25, -0.2) is 14.4 Å². The molecule has 0 unspecified atom stereocenters. The molecule has 1 aromatic heterocycles. The first-order chi connectivity index (χ1) is 8.75. The molecule has 0 aliphatic carbocycles. The molecule has 0 spiro atoms. The molecule has 3 N–H and O–H groups in total. The predicted molar refractivity (Wildman–Crippen MR) is 66.8 cm³/mol. The number of aromatic nitrogens is 2. The second-order valence-corrected chi connectivity index (χ2v) is 3.54. The van der Waals surface area contributed by atoms with E-state index in [1.165, 1.54) is 0 Å². The Hall–Kier alpha value is -2.37. The van der Waals surface area contributed by atoms with Gasteiger partial charge in [-0.3, -0.25) is 0 Å². The van der Waals surface area contributed by atoms with E-state index in [1.807, 2.05) is 12.1 Å². The van der Waals surface area contributed by atoms with E-state index >= 15 is 0 Å². The fraction of sp³-hybridized carbons (Fsp3) is 0.167. The number of rotatable bonds is 5. The fourth-order valence-electron chi connectivity index (χ4n) is 1.34. The van der Waals surface area contributed by atoms with Crippen molar-refractivity contribution in [3.8, 4) is 5.75 Å². The zero-order valence-corrected chi connectivity index (χ0v) is 9.64. The number of halogens is 1. The first-order valence-corrected chi connectivity index (χ1v) is 5.44. The Kier molecular flexibility index (Phi) is 3.90. The molecule has 18 heavy (non-hydrogen) atoms. The molecule has 0 fully saturated rings. The highest BCUT2D eigenvalue weighted by Gasteiger charge is 1.99. The van der Waals surface area contributed by atoms with Crippen molar-refractivity contribution >= 4 is 11.6 Å². The van der Waals surface area contributed by atoms with Crippen LogP contribution in [-0.2, 0) is 0 Å². The highest BCUT2D eigenvalue weighted by Crippen LogP contribution is 2.19. The van der Waals surface area contributed by atoms with Crippen LogP contribution in [0.1, 0.15) is 0 Å². The smallest absolute Gasteiger partial charge is 0.222 e. The number of nitrogens with two attached hydrogens (primary N) is 1. The largest absolute Gasteiger partial charge is 0.490 e. The summed E-state index contributed by atoms with van der Waals surface area (Å²) < 4.78 is 18.0. The van der Waals surface area contributed by atoms with E-state index in [4.69, 9.17) is 10.5 Å². The van der Waals surface area contributed by atoms with Gasteiger partial charge in [0.1, 0.15) is 12.4 Å². The minimum absolute atomic E-state index is 0.362. The Morgan fingerprint density at radius 3 is 2.67 bits per heavy atom. The van der Waals surface area contributed by atoms with E-state index in [0.29, 0.717) is 30.5 Å². The van der Waals surface area contributed by atoms with Gasteiger partial charge < -0.3 is 15.8 Å². The lowest BCUT2D eigenvalue weighted by Crippen LogP contribution is -2.13. The van der Waals surface area contributed by atoms with Gasteiger partial charge in [-0.1, -0.05) is 12.1 Å². The van der Waals surface area contributed by atoms with Crippen LogP contribution in [0.25, 0.3) is 0 Å². The quantitative estimate of drug-likeness (QED) is 0.622. The molecule has 1 heterocycles. The third-order valence-corrected chi connectivity index (χ3v) is 2.18. The number of anilines is 2. The molecule has 0 atom stereocenters. The average molecular weight is 248 g/mol. The molecule has 5 nitrogen and oxygen atoms in total. The second-order valence-electron chi connectivity index (χ2n) is 3.54. The molecule has 6 heteroatoms. The van der Waals surface area contributed by atoms with Gasteiger partial charge in [0.15, 0.2) is 5.82 Å². The molecule has 0 radical (unpaired) electrons. The number of nitrogens with zero attached hydrogens (tertiary/aromatic N) is 2. The van der Waals surface area contributed by atoms with Crippen LogP contribution in [0, 0.1) is 5.82 Å². The molecule has 0 amide bonds. The maximum Gasteiger partial charge on any atom is 0.222 e. The van der Waals surface area contributed by atoms with Crippen molar-refractivity contribution in [3.05, 3.63) is 42.5 Å². The molecule has 2 aromatic rings.